The Morgan fingerprint density at radius 3 is 2.53 bits per heavy atom. The van der Waals surface area contributed by atoms with Gasteiger partial charge >= 0.3 is 0 Å². The van der Waals surface area contributed by atoms with E-state index in [1.165, 1.54) is 6.07 Å². The normalized spacial score (nSPS) is 9.53. The number of aromatic hydroxyl groups is 1. The van der Waals surface area contributed by atoms with Gasteiger partial charge in [0.05, 0.1) is 5.02 Å². The fraction of sp³-hybridized carbons (Fsp3) is 0.182. The number of hydrogen-bond donors (Lipinski definition) is 2. The van der Waals surface area contributed by atoms with Gasteiger partial charge in [0, 0.05) is 11.6 Å². The zero-order chi connectivity index (χ0) is 11.3. The second kappa shape index (κ2) is 5.53. The third kappa shape index (κ3) is 2.81. The Morgan fingerprint density at radius 2 is 1.93 bits per heavy atom. The van der Waals surface area contributed by atoms with E-state index in [1.54, 1.807) is 18.3 Å². The molecule has 0 aliphatic rings. The van der Waals surface area contributed by atoms with Crippen molar-refractivity contribution < 1.29 is 5.11 Å². The molecule has 2 N–H and O–H groups in total. The smallest absolute Gasteiger partial charge is 0.141 e. The molecule has 80 valence electrons. The molecule has 1 aromatic carbocycles. The van der Waals surface area contributed by atoms with Crippen LogP contribution >= 0.6 is 11.6 Å². The second-order valence-electron chi connectivity index (χ2n) is 2.97. The molecule has 0 fully saturated rings. The average Bonchev–Trinajstić information content (AvgIpc) is 2.25. The van der Waals surface area contributed by atoms with Gasteiger partial charge in [0.2, 0.25) is 0 Å². The van der Waals surface area contributed by atoms with Crippen molar-refractivity contribution in [2.45, 2.75) is 0 Å². The van der Waals surface area contributed by atoms with Crippen LogP contribution in [-0.4, -0.2) is 24.2 Å². The highest BCUT2D eigenvalue weighted by molar-refractivity contribution is 6.35. The van der Waals surface area contributed by atoms with Crippen LogP contribution in [0.4, 0.5) is 0 Å². The number of fused-ring (bicyclic) bond motifs is 1. The fourth-order valence-corrected chi connectivity index (χ4v) is 1.34. The maximum absolute atomic E-state index is 9.37. The summed E-state index contributed by atoms with van der Waals surface area (Å²) in [6, 6.07) is 6.80. The Balaban J connectivity index is 0.000000337. The lowest BCUT2D eigenvalue weighted by atomic mass is 10.2. The molecule has 0 saturated carbocycles. The van der Waals surface area contributed by atoms with Crippen LogP contribution in [0.5, 0.6) is 5.75 Å². The number of phenolic OH excluding ortho intramolecular Hbond substituents is 1. The Labute approximate surface area is 93.7 Å². The Kier molecular flexibility index (Phi) is 4.34. The van der Waals surface area contributed by atoms with Crippen LogP contribution in [0.2, 0.25) is 5.02 Å². The average molecular weight is 225 g/mol. The van der Waals surface area contributed by atoms with Gasteiger partial charge in [0.25, 0.3) is 0 Å². The Morgan fingerprint density at radius 1 is 1.27 bits per heavy atom. The molecule has 2 rings (SSSR count). The highest BCUT2D eigenvalue weighted by Gasteiger charge is 2.02. The molecule has 15 heavy (non-hydrogen) atoms. The van der Waals surface area contributed by atoms with Crippen LogP contribution in [0.15, 0.2) is 30.5 Å². The lowest BCUT2D eigenvalue weighted by Crippen LogP contribution is -1.89. The summed E-state index contributed by atoms with van der Waals surface area (Å²) in [5.74, 6) is 0.162. The zero-order valence-electron chi connectivity index (χ0n) is 8.66. The van der Waals surface area contributed by atoms with Gasteiger partial charge in [-0.1, -0.05) is 11.6 Å². The summed E-state index contributed by atoms with van der Waals surface area (Å²) in [7, 11) is 3.75. The van der Waals surface area contributed by atoms with Crippen molar-refractivity contribution in [1.82, 2.24) is 10.3 Å². The topological polar surface area (TPSA) is 45.1 Å². The Hall–Kier alpha value is -1.32. The summed E-state index contributed by atoms with van der Waals surface area (Å²) in [6.07, 6.45) is 1.62. The number of halogens is 1. The summed E-state index contributed by atoms with van der Waals surface area (Å²) in [4.78, 5) is 4.01. The summed E-state index contributed by atoms with van der Waals surface area (Å²) in [5, 5.41) is 13.5. The molecule has 0 amide bonds. The van der Waals surface area contributed by atoms with Crippen molar-refractivity contribution in [2.24, 2.45) is 0 Å². The largest absolute Gasteiger partial charge is 0.506 e. The van der Waals surface area contributed by atoms with Gasteiger partial charge in [-0.2, -0.15) is 0 Å². The SMILES string of the molecule is CNC.Oc1ccc(Cl)c2cccnc12. The molecule has 0 saturated heterocycles. The second-order valence-corrected chi connectivity index (χ2v) is 3.37. The number of hydrogen-bond acceptors (Lipinski definition) is 3. The molecule has 1 aromatic heterocycles. The number of benzene rings is 1. The number of rotatable bonds is 0. The minimum absolute atomic E-state index is 0.162. The maximum atomic E-state index is 9.37. The summed E-state index contributed by atoms with van der Waals surface area (Å²) < 4.78 is 0. The standard InChI is InChI=1S/C9H6ClNO.C2H7N/c10-7-3-4-8(12)9-6(7)2-1-5-11-9;1-3-2/h1-5,12H;3H,1-2H3. The number of nitrogens with zero attached hydrogens (tertiary/aromatic N) is 1. The summed E-state index contributed by atoms with van der Waals surface area (Å²) >= 11 is 5.88. The molecular weight excluding hydrogens is 212 g/mol. The van der Waals surface area contributed by atoms with E-state index in [4.69, 9.17) is 11.6 Å². The van der Waals surface area contributed by atoms with Crippen LogP contribution in [0, 0.1) is 0 Å². The van der Waals surface area contributed by atoms with Crippen molar-refractivity contribution in [3.05, 3.63) is 35.5 Å². The predicted molar refractivity (Wildman–Crippen MR) is 63.4 cm³/mol. The molecule has 1 heterocycles. The van der Waals surface area contributed by atoms with Crippen molar-refractivity contribution in [1.29, 1.82) is 0 Å². The van der Waals surface area contributed by atoms with Gasteiger partial charge in [0.1, 0.15) is 11.3 Å². The third-order valence-corrected chi connectivity index (χ3v) is 2.02. The van der Waals surface area contributed by atoms with Crippen LogP contribution in [0.1, 0.15) is 0 Å². The predicted octanol–water partition coefficient (Wildman–Crippen LogP) is 2.43. The van der Waals surface area contributed by atoms with E-state index in [0.29, 0.717) is 10.5 Å². The van der Waals surface area contributed by atoms with Crippen LogP contribution in [0.25, 0.3) is 10.9 Å². The van der Waals surface area contributed by atoms with E-state index in [9.17, 15) is 5.11 Å². The lowest BCUT2D eigenvalue weighted by Gasteiger charge is -2.00. The first-order valence-electron chi connectivity index (χ1n) is 4.51. The number of phenols is 1. The van der Waals surface area contributed by atoms with E-state index in [2.05, 4.69) is 10.3 Å². The molecule has 0 aliphatic carbocycles. The van der Waals surface area contributed by atoms with E-state index >= 15 is 0 Å². The van der Waals surface area contributed by atoms with E-state index in [1.807, 2.05) is 20.2 Å². The maximum Gasteiger partial charge on any atom is 0.141 e. The number of aromatic nitrogens is 1. The molecule has 0 unspecified atom stereocenters. The van der Waals surface area contributed by atoms with Gasteiger partial charge in [-0.25, -0.2) is 0 Å². The van der Waals surface area contributed by atoms with Gasteiger partial charge in [-0.05, 0) is 38.4 Å². The molecule has 0 spiro atoms. The quantitative estimate of drug-likeness (QED) is 0.723. The van der Waals surface area contributed by atoms with Crippen LogP contribution in [0.3, 0.4) is 0 Å². The summed E-state index contributed by atoms with van der Waals surface area (Å²) in [6.45, 7) is 0. The lowest BCUT2D eigenvalue weighted by molar-refractivity contribution is 0.480. The molecule has 3 nitrogen and oxygen atoms in total. The molecule has 4 heteroatoms. The van der Waals surface area contributed by atoms with Crippen molar-refractivity contribution in [2.75, 3.05) is 14.1 Å². The van der Waals surface area contributed by atoms with Gasteiger partial charge < -0.3 is 10.4 Å². The van der Waals surface area contributed by atoms with E-state index < -0.39 is 0 Å². The first-order chi connectivity index (χ1) is 7.20. The van der Waals surface area contributed by atoms with E-state index in [0.717, 1.165) is 5.39 Å². The van der Waals surface area contributed by atoms with Crippen LogP contribution in [-0.2, 0) is 0 Å². The Bertz CT molecular complexity index is 405. The molecule has 0 bridgehead atoms. The molecule has 0 atom stereocenters. The first kappa shape index (κ1) is 11.8. The number of nitrogens with one attached hydrogen (secondary N) is 1. The first-order valence-corrected chi connectivity index (χ1v) is 4.89. The van der Waals surface area contributed by atoms with Gasteiger partial charge in [-0.15, -0.1) is 0 Å². The highest BCUT2D eigenvalue weighted by atomic mass is 35.5. The monoisotopic (exact) mass is 224 g/mol. The summed E-state index contributed by atoms with van der Waals surface area (Å²) in [5.41, 5.74) is 0.546. The highest BCUT2D eigenvalue weighted by Crippen LogP contribution is 2.28. The minimum Gasteiger partial charge on any atom is -0.506 e. The van der Waals surface area contributed by atoms with Crippen molar-refractivity contribution in [3.8, 4) is 5.75 Å². The minimum atomic E-state index is 0.162. The van der Waals surface area contributed by atoms with Gasteiger partial charge in [0.15, 0.2) is 0 Å². The van der Waals surface area contributed by atoms with Crippen LogP contribution < -0.4 is 5.32 Å². The molecule has 0 radical (unpaired) electrons. The fourth-order valence-electron chi connectivity index (χ4n) is 1.12. The molecule has 0 aliphatic heterocycles. The zero-order valence-corrected chi connectivity index (χ0v) is 9.42. The van der Waals surface area contributed by atoms with E-state index in [-0.39, 0.29) is 5.75 Å². The van der Waals surface area contributed by atoms with Crippen molar-refractivity contribution >= 4 is 22.5 Å². The molecular formula is C11H13ClN2O. The molecule has 2 aromatic rings. The number of pyridine rings is 1. The van der Waals surface area contributed by atoms with Crippen molar-refractivity contribution in [3.63, 3.8) is 0 Å². The third-order valence-electron chi connectivity index (χ3n) is 1.70. The van der Waals surface area contributed by atoms with Gasteiger partial charge in [-0.3, -0.25) is 4.98 Å².